The molecular formula is C12H25NO2S. The summed E-state index contributed by atoms with van der Waals surface area (Å²) in [6.45, 7) is 11.8. The molecule has 0 unspecified atom stereocenters. The van der Waals surface area contributed by atoms with Crippen molar-refractivity contribution in [2.75, 3.05) is 12.3 Å². The zero-order chi connectivity index (χ0) is 12.8. The highest BCUT2D eigenvalue weighted by molar-refractivity contribution is 8.03. The third kappa shape index (κ3) is 5.56. The highest BCUT2D eigenvalue weighted by atomic mass is 32.3. The van der Waals surface area contributed by atoms with Crippen LogP contribution in [-0.4, -0.2) is 22.3 Å². The fraction of sp³-hybridized carbons (Fsp3) is 0.750. The zero-order valence-electron chi connectivity index (χ0n) is 10.9. The summed E-state index contributed by atoms with van der Waals surface area (Å²) >= 11 is 0. The maximum atomic E-state index is 11.9. The number of ketones is 1. The SMILES string of the molecule is C=C[SH](=O)(CC)NCCCC(=O)C(C)(C)C. The van der Waals surface area contributed by atoms with Gasteiger partial charge in [0, 0.05) is 24.1 Å². The lowest BCUT2D eigenvalue weighted by Crippen LogP contribution is -2.32. The van der Waals surface area contributed by atoms with E-state index < -0.39 is 10.1 Å². The molecular weight excluding hydrogens is 222 g/mol. The average Bonchev–Trinajstić information content (AvgIpc) is 2.22. The molecule has 0 saturated heterocycles. The standard InChI is InChI=1S/C12H25NO2S/c1-6-16(15,7-2)13-10-8-9-11(14)12(3,4)5/h6,16H,1,7-10H2,2-5H3,(H,13,15). The molecule has 16 heavy (non-hydrogen) atoms. The maximum Gasteiger partial charge on any atom is 0.138 e. The van der Waals surface area contributed by atoms with Crippen LogP contribution in [-0.2, 0) is 14.9 Å². The Labute approximate surface area is 100 Å². The minimum atomic E-state index is -2.38. The minimum Gasteiger partial charge on any atom is -0.299 e. The third-order valence-corrected chi connectivity index (χ3v) is 4.85. The van der Waals surface area contributed by atoms with E-state index in [0.717, 1.165) is 6.42 Å². The summed E-state index contributed by atoms with van der Waals surface area (Å²) in [5.74, 6) is 0.822. The second kappa shape index (κ2) is 6.30. The van der Waals surface area contributed by atoms with Crippen LogP contribution in [0.2, 0.25) is 0 Å². The Balaban J connectivity index is 3.90. The van der Waals surface area contributed by atoms with Crippen molar-refractivity contribution in [3.63, 3.8) is 0 Å². The molecule has 0 spiro atoms. The fourth-order valence-corrected chi connectivity index (χ4v) is 2.35. The van der Waals surface area contributed by atoms with Crippen LogP contribution >= 0.6 is 0 Å². The lowest BCUT2D eigenvalue weighted by Gasteiger charge is -2.20. The molecule has 0 aliphatic heterocycles. The third-order valence-electron chi connectivity index (χ3n) is 2.56. The predicted octanol–water partition coefficient (Wildman–Crippen LogP) is 2.07. The summed E-state index contributed by atoms with van der Waals surface area (Å²) in [6.07, 6.45) is 1.27. The van der Waals surface area contributed by atoms with Crippen molar-refractivity contribution in [3.05, 3.63) is 12.0 Å². The van der Waals surface area contributed by atoms with Crippen molar-refractivity contribution in [2.45, 2.75) is 40.5 Å². The minimum absolute atomic E-state index is 0.249. The van der Waals surface area contributed by atoms with Gasteiger partial charge in [-0.2, -0.15) is 0 Å². The maximum absolute atomic E-state index is 11.9. The molecule has 0 saturated carbocycles. The summed E-state index contributed by atoms with van der Waals surface area (Å²) in [5, 5.41) is 1.50. The van der Waals surface area contributed by atoms with E-state index in [0.29, 0.717) is 18.7 Å². The van der Waals surface area contributed by atoms with Crippen LogP contribution in [0.4, 0.5) is 0 Å². The number of carbonyl (C=O) groups is 1. The van der Waals surface area contributed by atoms with E-state index in [4.69, 9.17) is 0 Å². The van der Waals surface area contributed by atoms with E-state index in [9.17, 15) is 9.00 Å². The first-order valence-electron chi connectivity index (χ1n) is 5.76. The Morgan fingerprint density at radius 1 is 1.44 bits per heavy atom. The van der Waals surface area contributed by atoms with Crippen molar-refractivity contribution < 1.29 is 9.00 Å². The number of Topliss-reactive ketones (excluding diaryl/α,β-unsaturated/α-hetero) is 1. The molecule has 0 aliphatic carbocycles. The predicted molar refractivity (Wildman–Crippen MR) is 72.0 cm³/mol. The van der Waals surface area contributed by atoms with Gasteiger partial charge in [0.05, 0.1) is 0 Å². The van der Waals surface area contributed by atoms with Gasteiger partial charge >= 0.3 is 0 Å². The zero-order valence-corrected chi connectivity index (χ0v) is 11.8. The van der Waals surface area contributed by atoms with Gasteiger partial charge in [0.25, 0.3) is 0 Å². The quantitative estimate of drug-likeness (QED) is 0.534. The normalized spacial score (nSPS) is 13.5. The Kier molecular flexibility index (Phi) is 6.11. The van der Waals surface area contributed by atoms with Gasteiger partial charge in [0.1, 0.15) is 5.78 Å². The molecule has 0 aromatic heterocycles. The second-order valence-electron chi connectivity index (χ2n) is 4.98. The molecule has 0 aromatic rings. The topological polar surface area (TPSA) is 46.2 Å². The lowest BCUT2D eigenvalue weighted by atomic mass is 9.88. The smallest absolute Gasteiger partial charge is 0.138 e. The molecule has 0 radical (unpaired) electrons. The lowest BCUT2D eigenvalue weighted by molar-refractivity contribution is -0.126. The van der Waals surface area contributed by atoms with Gasteiger partial charge in [-0.05, 0) is 21.9 Å². The Hall–Kier alpha value is -0.480. The molecule has 3 nitrogen and oxygen atoms in total. The van der Waals surface area contributed by atoms with E-state index in [1.165, 1.54) is 5.41 Å². The summed E-state index contributed by atoms with van der Waals surface area (Å²) in [4.78, 5) is 11.6. The molecule has 96 valence electrons. The van der Waals surface area contributed by atoms with Crippen molar-refractivity contribution in [3.8, 4) is 0 Å². The summed E-state index contributed by atoms with van der Waals surface area (Å²) in [5.41, 5.74) is -0.271. The fourth-order valence-electron chi connectivity index (χ4n) is 1.20. The Morgan fingerprint density at radius 3 is 2.38 bits per heavy atom. The molecule has 1 N–H and O–H groups in total. The summed E-state index contributed by atoms with van der Waals surface area (Å²) < 4.78 is 14.9. The number of hydrogen-bond donors (Lipinski definition) is 2. The molecule has 0 atom stereocenters. The van der Waals surface area contributed by atoms with Crippen molar-refractivity contribution in [2.24, 2.45) is 5.41 Å². The van der Waals surface area contributed by atoms with Gasteiger partial charge in [-0.3, -0.25) is 13.7 Å². The molecule has 4 heteroatoms. The first-order chi connectivity index (χ1) is 7.25. The summed E-state index contributed by atoms with van der Waals surface area (Å²) in [6, 6.07) is 0. The monoisotopic (exact) mass is 247 g/mol. The largest absolute Gasteiger partial charge is 0.299 e. The van der Waals surface area contributed by atoms with Gasteiger partial charge in [0.2, 0.25) is 0 Å². The number of rotatable bonds is 7. The molecule has 0 aromatic carbocycles. The van der Waals surface area contributed by atoms with Crippen LogP contribution in [0.25, 0.3) is 0 Å². The van der Waals surface area contributed by atoms with Crippen LogP contribution < -0.4 is 4.72 Å². The Morgan fingerprint density at radius 2 is 2.00 bits per heavy atom. The van der Waals surface area contributed by atoms with Crippen LogP contribution in [0.5, 0.6) is 0 Å². The van der Waals surface area contributed by atoms with Gasteiger partial charge < -0.3 is 0 Å². The van der Waals surface area contributed by atoms with E-state index in [1.807, 2.05) is 27.7 Å². The highest BCUT2D eigenvalue weighted by Crippen LogP contribution is 2.17. The first-order valence-corrected chi connectivity index (χ1v) is 7.72. The van der Waals surface area contributed by atoms with Crippen molar-refractivity contribution in [1.29, 1.82) is 0 Å². The van der Waals surface area contributed by atoms with Crippen molar-refractivity contribution in [1.82, 2.24) is 4.72 Å². The first kappa shape index (κ1) is 15.5. The van der Waals surface area contributed by atoms with E-state index in [1.54, 1.807) is 0 Å². The molecule has 0 bridgehead atoms. The van der Waals surface area contributed by atoms with Gasteiger partial charge in [-0.1, -0.05) is 34.3 Å². The van der Waals surface area contributed by atoms with E-state index in [-0.39, 0.29) is 11.2 Å². The number of thiol groups is 1. The van der Waals surface area contributed by atoms with Crippen molar-refractivity contribution >= 4 is 15.9 Å². The van der Waals surface area contributed by atoms with Gasteiger partial charge in [-0.15, -0.1) is 0 Å². The van der Waals surface area contributed by atoms with Gasteiger partial charge in [-0.25, -0.2) is 0 Å². The van der Waals surface area contributed by atoms with E-state index in [2.05, 4.69) is 11.3 Å². The molecule has 0 amide bonds. The second-order valence-corrected chi connectivity index (χ2v) is 7.88. The number of nitrogens with one attached hydrogen (secondary N) is 1. The van der Waals surface area contributed by atoms with Crippen LogP contribution in [0.15, 0.2) is 12.0 Å². The number of carbonyl (C=O) groups excluding carboxylic acids is 1. The van der Waals surface area contributed by atoms with Crippen LogP contribution in [0.1, 0.15) is 40.5 Å². The van der Waals surface area contributed by atoms with Crippen LogP contribution in [0, 0.1) is 5.41 Å². The molecule has 0 aliphatic rings. The molecule has 0 heterocycles. The summed E-state index contributed by atoms with van der Waals surface area (Å²) in [7, 11) is -2.38. The average molecular weight is 247 g/mol. The molecule has 0 fully saturated rings. The van der Waals surface area contributed by atoms with Crippen LogP contribution in [0.3, 0.4) is 0 Å². The van der Waals surface area contributed by atoms with E-state index >= 15 is 0 Å². The highest BCUT2D eigenvalue weighted by Gasteiger charge is 2.20. The molecule has 0 rings (SSSR count). The number of hydrogen-bond acceptors (Lipinski definition) is 2. The van der Waals surface area contributed by atoms with Gasteiger partial charge in [0.15, 0.2) is 0 Å². The Bertz CT molecular complexity index is 292.